The van der Waals surface area contributed by atoms with E-state index in [-0.39, 0.29) is 11.9 Å². The highest BCUT2D eigenvalue weighted by Crippen LogP contribution is 2.30. The lowest BCUT2D eigenvalue weighted by atomic mass is 10.1. The van der Waals surface area contributed by atoms with Gasteiger partial charge >= 0.3 is 0 Å². The molecule has 0 radical (unpaired) electrons. The number of carbonyl (C=O) groups excluding carboxylic acids is 1. The van der Waals surface area contributed by atoms with Gasteiger partial charge in [0.05, 0.1) is 23.4 Å². The lowest BCUT2D eigenvalue weighted by molar-refractivity contribution is 0.0680. The second-order valence-electron chi connectivity index (χ2n) is 5.69. The van der Waals surface area contributed by atoms with Gasteiger partial charge in [-0.2, -0.15) is 0 Å². The van der Waals surface area contributed by atoms with Crippen LogP contribution in [0.3, 0.4) is 0 Å². The molecule has 1 amide bonds. The summed E-state index contributed by atoms with van der Waals surface area (Å²) in [5.41, 5.74) is 6.64. The normalized spacial score (nSPS) is 11.1. The number of methoxy groups -OCH3 is 1. The smallest absolute Gasteiger partial charge is 0.257 e. The van der Waals surface area contributed by atoms with Gasteiger partial charge in [0.25, 0.3) is 5.91 Å². The molecule has 5 nitrogen and oxygen atoms in total. The van der Waals surface area contributed by atoms with Gasteiger partial charge in [-0.25, -0.2) is 0 Å². The molecule has 1 rings (SSSR count). The Hall–Kier alpha value is -1.46. The fraction of sp³-hybridized carbons (Fsp3) is 0.588. The molecule has 0 spiro atoms. The third kappa shape index (κ3) is 5.01. The Morgan fingerprint density at radius 2 is 1.87 bits per heavy atom. The van der Waals surface area contributed by atoms with Crippen LogP contribution in [-0.4, -0.2) is 55.0 Å². The Labute approximate surface area is 144 Å². The summed E-state index contributed by atoms with van der Waals surface area (Å²) in [7, 11) is 1.52. The average Bonchev–Trinajstić information content (AvgIpc) is 2.52. The Kier molecular flexibility index (Phi) is 7.65. The Balaban J connectivity index is 3.04. The van der Waals surface area contributed by atoms with Crippen molar-refractivity contribution < 1.29 is 9.53 Å². The molecular formula is C17H28ClN3O2. The molecule has 1 aromatic rings. The van der Waals surface area contributed by atoms with Crippen LogP contribution in [0.5, 0.6) is 5.75 Å². The largest absolute Gasteiger partial charge is 0.496 e. The maximum absolute atomic E-state index is 12.9. The zero-order chi connectivity index (χ0) is 17.6. The standard InChI is InChI=1S/C17H28ClN3O2/c1-6-20(7-2)8-9-21(12(3)4)17(22)13-10-14(18)15(19)11-16(13)23-5/h10-12H,6-9,19H2,1-5H3. The number of carbonyl (C=O) groups is 1. The van der Waals surface area contributed by atoms with Crippen molar-refractivity contribution in [2.45, 2.75) is 33.7 Å². The molecule has 0 bridgehead atoms. The fourth-order valence-corrected chi connectivity index (χ4v) is 2.61. The number of nitrogens with two attached hydrogens (primary N) is 1. The molecule has 0 fully saturated rings. The van der Waals surface area contributed by atoms with Crippen molar-refractivity contribution in [1.29, 1.82) is 0 Å². The minimum absolute atomic E-state index is 0.0825. The molecule has 6 heteroatoms. The number of anilines is 1. The van der Waals surface area contributed by atoms with E-state index in [1.807, 2.05) is 18.7 Å². The highest BCUT2D eigenvalue weighted by molar-refractivity contribution is 6.33. The number of hydrogen-bond acceptors (Lipinski definition) is 4. The first kappa shape index (κ1) is 19.6. The summed E-state index contributed by atoms with van der Waals surface area (Å²) >= 11 is 6.08. The van der Waals surface area contributed by atoms with Gasteiger partial charge in [-0.1, -0.05) is 25.4 Å². The van der Waals surface area contributed by atoms with Crippen molar-refractivity contribution in [3.05, 3.63) is 22.7 Å². The number of benzene rings is 1. The lowest BCUT2D eigenvalue weighted by Crippen LogP contribution is -2.42. The summed E-state index contributed by atoms with van der Waals surface area (Å²) in [6.45, 7) is 11.7. The molecule has 130 valence electrons. The van der Waals surface area contributed by atoms with Crippen LogP contribution < -0.4 is 10.5 Å². The molecule has 2 N–H and O–H groups in total. The number of ether oxygens (including phenoxy) is 1. The summed E-state index contributed by atoms with van der Waals surface area (Å²) in [6.07, 6.45) is 0. The first-order valence-corrected chi connectivity index (χ1v) is 8.39. The molecule has 0 aromatic heterocycles. The van der Waals surface area contributed by atoms with Gasteiger partial charge in [-0.15, -0.1) is 0 Å². The van der Waals surface area contributed by atoms with Crippen LogP contribution in [-0.2, 0) is 0 Å². The predicted octanol–water partition coefficient (Wildman–Crippen LogP) is 3.12. The number of rotatable bonds is 8. The second kappa shape index (κ2) is 8.99. The number of nitrogens with zero attached hydrogens (tertiary/aromatic N) is 2. The third-order valence-corrected chi connectivity index (χ3v) is 4.31. The quantitative estimate of drug-likeness (QED) is 0.738. The molecular weight excluding hydrogens is 314 g/mol. The lowest BCUT2D eigenvalue weighted by Gasteiger charge is -2.30. The molecule has 0 aliphatic carbocycles. The summed E-state index contributed by atoms with van der Waals surface area (Å²) in [6, 6.07) is 3.27. The summed E-state index contributed by atoms with van der Waals surface area (Å²) in [4.78, 5) is 17.1. The fourth-order valence-electron chi connectivity index (χ4n) is 2.44. The minimum Gasteiger partial charge on any atom is -0.496 e. The molecule has 0 atom stereocenters. The van der Waals surface area contributed by atoms with Gasteiger partial charge < -0.3 is 20.3 Å². The zero-order valence-electron chi connectivity index (χ0n) is 14.7. The van der Waals surface area contributed by atoms with E-state index in [1.165, 1.54) is 7.11 Å². The Morgan fingerprint density at radius 1 is 1.26 bits per heavy atom. The van der Waals surface area contributed by atoms with Crippen molar-refractivity contribution >= 4 is 23.2 Å². The number of nitrogen functional groups attached to an aromatic ring is 1. The first-order valence-electron chi connectivity index (χ1n) is 8.01. The van der Waals surface area contributed by atoms with E-state index in [0.29, 0.717) is 28.6 Å². The van der Waals surface area contributed by atoms with Gasteiger partial charge in [-0.05, 0) is 33.0 Å². The molecule has 0 heterocycles. The van der Waals surface area contributed by atoms with E-state index in [1.54, 1.807) is 12.1 Å². The van der Waals surface area contributed by atoms with E-state index >= 15 is 0 Å². The van der Waals surface area contributed by atoms with Crippen LogP contribution in [0.1, 0.15) is 38.1 Å². The van der Waals surface area contributed by atoms with Gasteiger partial charge in [0, 0.05) is 25.2 Å². The van der Waals surface area contributed by atoms with Gasteiger partial charge in [0.15, 0.2) is 0 Å². The van der Waals surface area contributed by atoms with Gasteiger partial charge in [0.1, 0.15) is 5.75 Å². The van der Waals surface area contributed by atoms with Crippen LogP contribution in [0.2, 0.25) is 5.02 Å². The molecule has 0 saturated heterocycles. The van der Waals surface area contributed by atoms with Gasteiger partial charge in [0.2, 0.25) is 0 Å². The Bertz CT molecular complexity index is 531. The van der Waals surface area contributed by atoms with Crippen LogP contribution in [0.4, 0.5) is 5.69 Å². The maximum Gasteiger partial charge on any atom is 0.257 e. The second-order valence-corrected chi connectivity index (χ2v) is 6.10. The zero-order valence-corrected chi connectivity index (χ0v) is 15.5. The Morgan fingerprint density at radius 3 is 2.35 bits per heavy atom. The summed E-state index contributed by atoms with van der Waals surface area (Å²) in [5, 5.41) is 0.363. The molecule has 0 aliphatic heterocycles. The van der Waals surface area contributed by atoms with E-state index < -0.39 is 0 Å². The van der Waals surface area contributed by atoms with Crippen molar-refractivity contribution in [3.63, 3.8) is 0 Å². The molecule has 23 heavy (non-hydrogen) atoms. The van der Waals surface area contributed by atoms with Crippen LogP contribution in [0.15, 0.2) is 12.1 Å². The first-order chi connectivity index (χ1) is 10.8. The maximum atomic E-state index is 12.9. The molecule has 0 unspecified atom stereocenters. The van der Waals surface area contributed by atoms with Crippen LogP contribution in [0.25, 0.3) is 0 Å². The van der Waals surface area contributed by atoms with Gasteiger partial charge in [-0.3, -0.25) is 4.79 Å². The number of likely N-dealkylation sites (N-methyl/N-ethyl adjacent to an activating group) is 1. The number of hydrogen-bond donors (Lipinski definition) is 1. The van der Waals surface area contributed by atoms with Crippen molar-refractivity contribution in [1.82, 2.24) is 9.80 Å². The predicted molar refractivity (Wildman–Crippen MR) is 96.4 cm³/mol. The highest BCUT2D eigenvalue weighted by atomic mass is 35.5. The highest BCUT2D eigenvalue weighted by Gasteiger charge is 2.23. The third-order valence-electron chi connectivity index (χ3n) is 3.98. The van der Waals surface area contributed by atoms with E-state index in [2.05, 4.69) is 18.7 Å². The van der Waals surface area contributed by atoms with Crippen molar-refractivity contribution in [2.24, 2.45) is 0 Å². The van der Waals surface area contributed by atoms with E-state index in [9.17, 15) is 4.79 Å². The molecule has 1 aromatic carbocycles. The monoisotopic (exact) mass is 341 g/mol. The minimum atomic E-state index is -0.0918. The topological polar surface area (TPSA) is 58.8 Å². The van der Waals surface area contributed by atoms with Crippen molar-refractivity contribution in [2.75, 3.05) is 39.0 Å². The number of amides is 1. The van der Waals surface area contributed by atoms with Crippen LogP contribution in [0, 0.1) is 0 Å². The van der Waals surface area contributed by atoms with E-state index in [0.717, 1.165) is 19.6 Å². The summed E-state index contributed by atoms with van der Waals surface area (Å²) in [5.74, 6) is 0.358. The van der Waals surface area contributed by atoms with Crippen LogP contribution >= 0.6 is 11.6 Å². The molecule has 0 saturated carbocycles. The molecule has 0 aliphatic rings. The SMILES string of the molecule is CCN(CC)CCN(C(=O)c1cc(Cl)c(N)cc1OC)C(C)C. The summed E-state index contributed by atoms with van der Waals surface area (Å²) < 4.78 is 5.30. The van der Waals surface area contributed by atoms with Crippen molar-refractivity contribution in [3.8, 4) is 5.75 Å². The average molecular weight is 342 g/mol. The number of halogens is 1. The van der Waals surface area contributed by atoms with E-state index in [4.69, 9.17) is 22.1 Å².